The lowest BCUT2D eigenvalue weighted by atomic mass is 10.2. The number of hydrogen-bond acceptors (Lipinski definition) is 3. The van der Waals surface area contributed by atoms with Gasteiger partial charge in [-0.3, -0.25) is 0 Å². The summed E-state index contributed by atoms with van der Waals surface area (Å²) in [7, 11) is 0. The molecule has 2 aromatic rings. The Morgan fingerprint density at radius 2 is 1.68 bits per heavy atom. The molecular formula is C10H5ClF5N3. The number of nitrogens with zero attached hydrogens (tertiary/aromatic N) is 2. The van der Waals surface area contributed by atoms with E-state index in [2.05, 4.69) is 9.97 Å². The highest BCUT2D eigenvalue weighted by Gasteiger charge is 2.61. The third-order valence-corrected chi connectivity index (χ3v) is 2.56. The summed E-state index contributed by atoms with van der Waals surface area (Å²) in [6.45, 7) is 0. The second-order valence-electron chi connectivity index (χ2n) is 3.67. The summed E-state index contributed by atoms with van der Waals surface area (Å²) < 4.78 is 62.9. The molecule has 1 heterocycles. The van der Waals surface area contributed by atoms with Crippen molar-refractivity contribution >= 4 is 28.3 Å². The molecule has 0 fully saturated rings. The maximum absolute atomic E-state index is 13.1. The molecule has 1 aromatic heterocycles. The van der Waals surface area contributed by atoms with Crippen LogP contribution in [0.2, 0.25) is 5.02 Å². The Balaban J connectivity index is 2.68. The fourth-order valence-electron chi connectivity index (χ4n) is 1.39. The minimum Gasteiger partial charge on any atom is -0.383 e. The molecule has 2 rings (SSSR count). The van der Waals surface area contributed by atoms with E-state index in [1.54, 1.807) is 0 Å². The highest BCUT2D eigenvalue weighted by molar-refractivity contribution is 6.31. The van der Waals surface area contributed by atoms with Gasteiger partial charge in [0.2, 0.25) is 5.82 Å². The molecule has 0 radical (unpaired) electrons. The Labute approximate surface area is 108 Å². The Morgan fingerprint density at radius 3 is 2.26 bits per heavy atom. The summed E-state index contributed by atoms with van der Waals surface area (Å²) in [4.78, 5) is 6.21. The van der Waals surface area contributed by atoms with Gasteiger partial charge in [-0.15, -0.1) is 0 Å². The molecule has 0 saturated carbocycles. The summed E-state index contributed by atoms with van der Waals surface area (Å²) in [5.74, 6) is -7.35. The molecule has 102 valence electrons. The van der Waals surface area contributed by atoms with Crippen molar-refractivity contribution in [1.82, 2.24) is 9.97 Å². The molecule has 0 unspecified atom stereocenters. The van der Waals surface area contributed by atoms with Gasteiger partial charge in [-0.25, -0.2) is 9.97 Å². The number of alkyl halides is 5. The fourth-order valence-corrected chi connectivity index (χ4v) is 1.56. The number of anilines is 1. The average molecular weight is 298 g/mol. The first-order valence-electron chi connectivity index (χ1n) is 4.81. The first kappa shape index (κ1) is 13.7. The second kappa shape index (κ2) is 4.16. The van der Waals surface area contributed by atoms with Gasteiger partial charge in [0.1, 0.15) is 5.82 Å². The Morgan fingerprint density at radius 1 is 1.05 bits per heavy atom. The summed E-state index contributed by atoms with van der Waals surface area (Å²) in [5.41, 5.74) is 5.21. The molecule has 0 atom stereocenters. The van der Waals surface area contributed by atoms with Gasteiger partial charge in [-0.05, 0) is 18.2 Å². The van der Waals surface area contributed by atoms with Gasteiger partial charge in [0.25, 0.3) is 0 Å². The topological polar surface area (TPSA) is 51.8 Å². The van der Waals surface area contributed by atoms with Crippen molar-refractivity contribution in [2.75, 3.05) is 5.73 Å². The number of hydrogen-bond donors (Lipinski definition) is 1. The third kappa shape index (κ3) is 2.27. The minimum atomic E-state index is -5.79. The summed E-state index contributed by atoms with van der Waals surface area (Å²) in [6.07, 6.45) is -5.79. The monoisotopic (exact) mass is 297 g/mol. The van der Waals surface area contributed by atoms with E-state index in [1.807, 2.05) is 0 Å². The van der Waals surface area contributed by atoms with Gasteiger partial charge in [0, 0.05) is 10.4 Å². The molecule has 0 bridgehead atoms. The van der Waals surface area contributed by atoms with Crippen molar-refractivity contribution in [1.29, 1.82) is 0 Å². The van der Waals surface area contributed by atoms with Crippen LogP contribution in [0.25, 0.3) is 10.9 Å². The number of fused-ring (bicyclic) bond motifs is 1. The van der Waals surface area contributed by atoms with E-state index in [0.29, 0.717) is 0 Å². The molecule has 0 spiro atoms. The van der Waals surface area contributed by atoms with Crippen LogP contribution in [0.4, 0.5) is 27.8 Å². The van der Waals surface area contributed by atoms with Crippen LogP contribution < -0.4 is 5.73 Å². The molecule has 0 aliphatic rings. The van der Waals surface area contributed by atoms with Crippen LogP contribution in [0.15, 0.2) is 18.2 Å². The summed E-state index contributed by atoms with van der Waals surface area (Å²) in [6, 6.07) is 3.76. The molecule has 1 aromatic carbocycles. The maximum Gasteiger partial charge on any atom is 0.461 e. The molecule has 2 N–H and O–H groups in total. The second-order valence-corrected chi connectivity index (χ2v) is 4.10. The zero-order chi connectivity index (χ0) is 14.4. The van der Waals surface area contributed by atoms with Gasteiger partial charge in [-0.1, -0.05) is 11.6 Å². The van der Waals surface area contributed by atoms with Gasteiger partial charge in [0.05, 0.1) is 5.52 Å². The normalized spacial score (nSPS) is 12.9. The van der Waals surface area contributed by atoms with Crippen molar-refractivity contribution in [3.05, 3.63) is 29.0 Å². The molecule has 9 heteroatoms. The first-order chi connectivity index (χ1) is 8.63. The van der Waals surface area contributed by atoms with Crippen molar-refractivity contribution < 1.29 is 22.0 Å². The first-order valence-corrected chi connectivity index (χ1v) is 5.18. The van der Waals surface area contributed by atoms with E-state index in [0.717, 1.165) is 0 Å². The number of nitrogens with two attached hydrogens (primary N) is 1. The SMILES string of the molecule is Nc1nc(C(F)(F)C(F)(F)F)nc2ccc(Cl)cc12. The van der Waals surface area contributed by atoms with Gasteiger partial charge < -0.3 is 5.73 Å². The lowest BCUT2D eigenvalue weighted by Crippen LogP contribution is -2.35. The molecule has 19 heavy (non-hydrogen) atoms. The van der Waals surface area contributed by atoms with Crippen LogP contribution in [0.1, 0.15) is 5.82 Å². The van der Waals surface area contributed by atoms with Gasteiger partial charge in [0.15, 0.2) is 0 Å². The highest BCUT2D eigenvalue weighted by atomic mass is 35.5. The van der Waals surface area contributed by atoms with E-state index >= 15 is 0 Å². The maximum atomic E-state index is 13.1. The quantitative estimate of drug-likeness (QED) is 0.819. The lowest BCUT2D eigenvalue weighted by Gasteiger charge is -2.18. The Hall–Kier alpha value is -1.70. The van der Waals surface area contributed by atoms with Crippen LogP contribution in [0.5, 0.6) is 0 Å². The molecule has 0 saturated heterocycles. The van der Waals surface area contributed by atoms with E-state index < -0.39 is 23.7 Å². The van der Waals surface area contributed by atoms with Crippen LogP contribution in [0, 0.1) is 0 Å². The smallest absolute Gasteiger partial charge is 0.383 e. The number of rotatable bonds is 1. The van der Waals surface area contributed by atoms with Gasteiger partial charge in [-0.2, -0.15) is 22.0 Å². The molecule has 0 amide bonds. The van der Waals surface area contributed by atoms with Crippen molar-refractivity contribution in [3.8, 4) is 0 Å². The van der Waals surface area contributed by atoms with Gasteiger partial charge >= 0.3 is 12.1 Å². The number of aromatic nitrogens is 2. The molecule has 0 aliphatic carbocycles. The van der Waals surface area contributed by atoms with E-state index in [1.165, 1.54) is 18.2 Å². The van der Waals surface area contributed by atoms with E-state index in [-0.39, 0.29) is 15.9 Å². The van der Waals surface area contributed by atoms with Crippen molar-refractivity contribution in [2.24, 2.45) is 0 Å². The van der Waals surface area contributed by atoms with Crippen LogP contribution in [-0.4, -0.2) is 16.1 Å². The minimum absolute atomic E-state index is 0.106. The zero-order valence-electron chi connectivity index (χ0n) is 8.97. The third-order valence-electron chi connectivity index (χ3n) is 2.32. The number of nitrogen functional groups attached to an aromatic ring is 1. The van der Waals surface area contributed by atoms with Crippen LogP contribution in [-0.2, 0) is 5.92 Å². The summed E-state index contributed by atoms with van der Waals surface area (Å²) in [5, 5.41) is 0.340. The lowest BCUT2D eigenvalue weighted by molar-refractivity contribution is -0.292. The number of halogens is 6. The Bertz CT molecular complexity index is 641. The van der Waals surface area contributed by atoms with E-state index in [9.17, 15) is 22.0 Å². The standard InChI is InChI=1S/C10H5ClF5N3/c11-4-1-2-6-5(3-4)7(17)19-8(18-6)9(12,13)10(14,15)16/h1-3H,(H2,17,18,19). The predicted octanol–water partition coefficient (Wildman–Crippen LogP) is 3.52. The number of benzene rings is 1. The summed E-state index contributed by atoms with van der Waals surface area (Å²) >= 11 is 5.65. The zero-order valence-corrected chi connectivity index (χ0v) is 9.73. The molecule has 0 aliphatic heterocycles. The average Bonchev–Trinajstić information content (AvgIpc) is 2.28. The van der Waals surface area contributed by atoms with Crippen LogP contribution in [0.3, 0.4) is 0 Å². The predicted molar refractivity (Wildman–Crippen MR) is 58.9 cm³/mol. The largest absolute Gasteiger partial charge is 0.461 e. The molecule has 3 nitrogen and oxygen atoms in total. The van der Waals surface area contributed by atoms with E-state index in [4.69, 9.17) is 17.3 Å². The van der Waals surface area contributed by atoms with Crippen LogP contribution >= 0.6 is 11.6 Å². The fraction of sp³-hybridized carbons (Fsp3) is 0.200. The van der Waals surface area contributed by atoms with Crippen molar-refractivity contribution in [3.63, 3.8) is 0 Å². The van der Waals surface area contributed by atoms with Crippen molar-refractivity contribution in [2.45, 2.75) is 12.1 Å². The Kier molecular flexibility index (Phi) is 3.00. The highest BCUT2D eigenvalue weighted by Crippen LogP contribution is 2.43. The molecular weight excluding hydrogens is 293 g/mol.